The molecule has 1 atom stereocenters. The Morgan fingerprint density at radius 1 is 1.04 bits per heavy atom. The molecule has 0 saturated heterocycles. The lowest BCUT2D eigenvalue weighted by atomic mass is 9.86. The fourth-order valence-electron chi connectivity index (χ4n) is 5.37. The van der Waals surface area contributed by atoms with E-state index in [0.717, 1.165) is 41.3 Å². The van der Waals surface area contributed by atoms with Crippen molar-refractivity contribution in [3.63, 3.8) is 0 Å². The number of nitrogens with one attached hydrogen (secondary N) is 3. The first kappa shape index (κ1) is 34.5. The number of alkyl carbamates (subject to hydrolysis) is 1. The van der Waals surface area contributed by atoms with E-state index in [0.29, 0.717) is 17.7 Å². The van der Waals surface area contributed by atoms with Crippen molar-refractivity contribution in [3.8, 4) is 10.4 Å². The number of pyridine rings is 1. The Balaban J connectivity index is 1.49. The summed E-state index contributed by atoms with van der Waals surface area (Å²) in [5.74, 6) is 0.141. The Morgan fingerprint density at radius 2 is 1.78 bits per heavy atom. The van der Waals surface area contributed by atoms with E-state index in [-0.39, 0.29) is 47.3 Å². The molecule has 3 N–H and O–H groups in total. The maximum Gasteiger partial charge on any atom is 0.407 e. The van der Waals surface area contributed by atoms with E-state index < -0.39 is 15.6 Å². The molecule has 244 valence electrons. The number of carbonyl (C=O) groups excluding carboxylic acids is 2. The van der Waals surface area contributed by atoms with Gasteiger partial charge in [0.05, 0.1) is 20.9 Å². The van der Waals surface area contributed by atoms with Gasteiger partial charge in [0.1, 0.15) is 0 Å². The van der Waals surface area contributed by atoms with Crippen molar-refractivity contribution >= 4 is 39.0 Å². The molecule has 10 nitrogen and oxygen atoms in total. The number of aromatic nitrogens is 2. The summed E-state index contributed by atoms with van der Waals surface area (Å²) in [7, 11) is -3.94. The second kappa shape index (κ2) is 14.8. The molecule has 0 aliphatic heterocycles. The Bertz CT molecular complexity index is 1560. The number of benzene rings is 1. The van der Waals surface area contributed by atoms with Crippen LogP contribution in [0.15, 0.2) is 53.7 Å². The maximum atomic E-state index is 13.7. The molecule has 0 unspecified atom stereocenters. The first-order valence-corrected chi connectivity index (χ1v) is 17.8. The van der Waals surface area contributed by atoms with Crippen molar-refractivity contribution in [2.75, 3.05) is 5.32 Å². The normalized spacial score (nSPS) is 17.9. The molecule has 4 rings (SSSR count). The lowest BCUT2D eigenvalue weighted by Gasteiger charge is -2.28. The fraction of sp³-hybridized carbons (Fsp3) is 0.515. The number of nitrogens with zero attached hydrogens (tertiary/aromatic N) is 2. The van der Waals surface area contributed by atoms with Crippen LogP contribution in [0.3, 0.4) is 0 Å². The molecule has 0 spiro atoms. The van der Waals surface area contributed by atoms with Gasteiger partial charge < -0.3 is 15.4 Å². The van der Waals surface area contributed by atoms with Crippen molar-refractivity contribution < 1.29 is 22.7 Å². The van der Waals surface area contributed by atoms with Crippen molar-refractivity contribution in [2.45, 2.75) is 114 Å². The number of hydrogen-bond acceptors (Lipinski definition) is 8. The van der Waals surface area contributed by atoms with Gasteiger partial charge in [0.2, 0.25) is 15.9 Å². The van der Waals surface area contributed by atoms with E-state index in [4.69, 9.17) is 9.72 Å². The third kappa shape index (κ3) is 10.1. The average molecular weight is 656 g/mol. The van der Waals surface area contributed by atoms with Gasteiger partial charge in [-0.1, -0.05) is 19.1 Å². The number of sulfonamides is 1. The summed E-state index contributed by atoms with van der Waals surface area (Å²) in [5.41, 5.74) is 1.17. The van der Waals surface area contributed by atoms with Crippen LogP contribution in [0.25, 0.3) is 10.4 Å². The minimum atomic E-state index is -3.94. The molecule has 1 aromatic carbocycles. The molecule has 0 bridgehead atoms. The molecule has 1 aliphatic carbocycles. The van der Waals surface area contributed by atoms with Gasteiger partial charge in [-0.15, -0.1) is 11.3 Å². The molecular formula is C33H45N5O5S2. The Kier molecular flexibility index (Phi) is 11.4. The standard InChI is InChI=1S/C33H45N5O5S2/c1-21(2)43-32(40)37-24-13-11-23(12-14-24)31-35-20-28(44-31)26-16-15-25(19-29(26)45(41,42)38-33(4,5)6)36-30(39)17-10-22(3)27-9-7-8-18-34-27/h7-9,15-16,18-24,38H,10-14,17H2,1-6H3,(H,36,39)(H,37,40)/t22-,23-,24-/m1/s1. The molecule has 12 heteroatoms. The van der Waals surface area contributed by atoms with E-state index in [9.17, 15) is 18.0 Å². The third-order valence-corrected chi connectivity index (χ3v) is 10.5. The molecule has 1 aliphatic rings. The molecule has 1 saturated carbocycles. The number of rotatable bonds is 11. The lowest BCUT2D eigenvalue weighted by Crippen LogP contribution is -2.40. The van der Waals surface area contributed by atoms with Crippen molar-refractivity contribution in [1.82, 2.24) is 20.0 Å². The topological polar surface area (TPSA) is 139 Å². The van der Waals surface area contributed by atoms with Crippen LogP contribution < -0.4 is 15.4 Å². The van der Waals surface area contributed by atoms with E-state index >= 15 is 0 Å². The monoisotopic (exact) mass is 655 g/mol. The Hall–Kier alpha value is -3.35. The van der Waals surface area contributed by atoms with Crippen molar-refractivity contribution in [2.24, 2.45) is 0 Å². The highest BCUT2D eigenvalue weighted by Gasteiger charge is 2.29. The molecule has 3 aromatic rings. The molecular weight excluding hydrogens is 611 g/mol. The highest BCUT2D eigenvalue weighted by atomic mass is 32.2. The van der Waals surface area contributed by atoms with Crippen LogP contribution >= 0.6 is 11.3 Å². The second-order valence-electron chi connectivity index (χ2n) is 13.0. The molecule has 2 heterocycles. The van der Waals surface area contributed by atoms with Crippen LogP contribution in [0.2, 0.25) is 0 Å². The van der Waals surface area contributed by atoms with E-state index in [1.165, 1.54) is 17.4 Å². The summed E-state index contributed by atoms with van der Waals surface area (Å²) in [4.78, 5) is 34.8. The van der Waals surface area contributed by atoms with Gasteiger partial charge in [0.15, 0.2) is 0 Å². The number of hydrogen-bond donors (Lipinski definition) is 3. The number of carbonyl (C=O) groups is 2. The summed E-state index contributed by atoms with van der Waals surface area (Å²) in [6, 6.07) is 10.8. The zero-order valence-electron chi connectivity index (χ0n) is 26.9. The molecule has 2 amide bonds. The summed E-state index contributed by atoms with van der Waals surface area (Å²) < 4.78 is 35.3. The van der Waals surface area contributed by atoms with E-state index in [2.05, 4.69) is 20.3 Å². The highest BCUT2D eigenvalue weighted by molar-refractivity contribution is 7.89. The molecule has 2 aromatic heterocycles. The summed E-state index contributed by atoms with van der Waals surface area (Å²) >= 11 is 1.48. The van der Waals surface area contributed by atoms with Crippen LogP contribution in [0, 0.1) is 0 Å². The smallest absolute Gasteiger partial charge is 0.407 e. The predicted octanol–water partition coefficient (Wildman–Crippen LogP) is 6.97. The third-order valence-electron chi connectivity index (χ3n) is 7.52. The second-order valence-corrected chi connectivity index (χ2v) is 15.7. The number of amides is 2. The van der Waals surface area contributed by atoms with Crippen LogP contribution in [0.4, 0.5) is 10.5 Å². The van der Waals surface area contributed by atoms with Gasteiger partial charge in [0.25, 0.3) is 0 Å². The lowest BCUT2D eigenvalue weighted by molar-refractivity contribution is -0.116. The van der Waals surface area contributed by atoms with Crippen molar-refractivity contribution in [3.05, 3.63) is 59.5 Å². The van der Waals surface area contributed by atoms with Gasteiger partial charge in [-0.05, 0) is 96.9 Å². The number of ether oxygens (including phenoxy) is 1. The molecule has 1 fully saturated rings. The molecule has 0 radical (unpaired) electrons. The van der Waals surface area contributed by atoms with E-state index in [1.54, 1.807) is 45.3 Å². The van der Waals surface area contributed by atoms with Gasteiger partial charge in [0, 0.05) is 53.3 Å². The minimum absolute atomic E-state index is 0.0631. The number of thiazole rings is 1. The highest BCUT2D eigenvalue weighted by Crippen LogP contribution is 2.40. The maximum absolute atomic E-state index is 13.7. The van der Waals surface area contributed by atoms with Gasteiger partial charge in [-0.3, -0.25) is 9.78 Å². The summed E-state index contributed by atoms with van der Waals surface area (Å²) in [6.45, 7) is 11.0. The van der Waals surface area contributed by atoms with Gasteiger partial charge in [-0.2, -0.15) is 0 Å². The van der Waals surface area contributed by atoms with Crippen LogP contribution in [-0.2, 0) is 19.6 Å². The quantitative estimate of drug-likeness (QED) is 0.203. The zero-order valence-corrected chi connectivity index (χ0v) is 28.6. The summed E-state index contributed by atoms with van der Waals surface area (Å²) in [6.07, 6.45) is 7.16. The minimum Gasteiger partial charge on any atom is -0.447 e. The predicted molar refractivity (Wildman–Crippen MR) is 178 cm³/mol. The van der Waals surface area contributed by atoms with Crippen LogP contribution in [0.1, 0.15) is 103 Å². The largest absolute Gasteiger partial charge is 0.447 e. The van der Waals surface area contributed by atoms with Crippen LogP contribution in [0.5, 0.6) is 0 Å². The zero-order chi connectivity index (χ0) is 32.8. The SMILES string of the molecule is CC(C)OC(=O)N[C@H]1CC[C@H](c2ncc(-c3ccc(NC(=O)CC[C@@H](C)c4ccccn4)cc3S(=O)(=O)NC(C)(C)C)s2)CC1. The van der Waals surface area contributed by atoms with Gasteiger partial charge in [-0.25, -0.2) is 22.9 Å². The first-order valence-electron chi connectivity index (χ1n) is 15.5. The Morgan fingerprint density at radius 3 is 2.42 bits per heavy atom. The summed E-state index contributed by atoms with van der Waals surface area (Å²) in [5, 5.41) is 6.78. The van der Waals surface area contributed by atoms with Crippen molar-refractivity contribution in [1.29, 1.82) is 0 Å². The number of anilines is 1. The first-order chi connectivity index (χ1) is 21.2. The van der Waals surface area contributed by atoms with Crippen LogP contribution in [-0.4, -0.2) is 48.1 Å². The Labute approximate surface area is 270 Å². The molecule has 45 heavy (non-hydrogen) atoms. The average Bonchev–Trinajstić information content (AvgIpc) is 3.45. The van der Waals surface area contributed by atoms with Gasteiger partial charge >= 0.3 is 6.09 Å². The fourth-order valence-corrected chi connectivity index (χ4v) is 8.23. The van der Waals surface area contributed by atoms with E-state index in [1.807, 2.05) is 39.0 Å².